The zero-order valence-electron chi connectivity index (χ0n) is 10.4. The van der Waals surface area contributed by atoms with Gasteiger partial charge in [0, 0.05) is 0 Å². The Morgan fingerprint density at radius 3 is 1.41 bits per heavy atom. The van der Waals surface area contributed by atoms with Gasteiger partial charge in [0.15, 0.2) is 0 Å². The van der Waals surface area contributed by atoms with Crippen molar-refractivity contribution in [3.63, 3.8) is 0 Å². The second kappa shape index (κ2) is 13.5. The molecule has 1 heteroatoms. The maximum Gasteiger partial charge on any atom is 2.00 e. The molecule has 0 aromatic carbocycles. The van der Waals surface area contributed by atoms with Crippen molar-refractivity contribution in [3.8, 4) is 0 Å². The van der Waals surface area contributed by atoms with Gasteiger partial charge in [-0.05, 0) is 12.8 Å². The summed E-state index contributed by atoms with van der Waals surface area (Å²) in [5, 5.41) is 0. The van der Waals surface area contributed by atoms with Gasteiger partial charge in [0.2, 0.25) is 0 Å². The first-order chi connectivity index (χ1) is 8.00. The van der Waals surface area contributed by atoms with Gasteiger partial charge in [-0.2, -0.15) is 12.8 Å². The van der Waals surface area contributed by atoms with E-state index < -0.39 is 0 Å². The summed E-state index contributed by atoms with van der Waals surface area (Å²) < 4.78 is 0. The average Bonchev–Trinajstić information content (AvgIpc) is 2.15. The first-order valence-electron chi connectivity index (χ1n) is 6.40. The zero-order valence-corrected chi connectivity index (χ0v) is 11.4. The molecule has 0 spiro atoms. The second-order valence-corrected chi connectivity index (χ2v) is 3.99. The van der Waals surface area contributed by atoms with Crippen molar-refractivity contribution >= 4 is 0 Å². The van der Waals surface area contributed by atoms with Crippen LogP contribution >= 0.6 is 0 Å². The molecule has 0 unspecified atom stereocenters. The van der Waals surface area contributed by atoms with Crippen molar-refractivity contribution in [2.75, 3.05) is 0 Å². The van der Waals surface area contributed by atoms with Crippen LogP contribution in [0.5, 0.6) is 0 Å². The van der Waals surface area contributed by atoms with Gasteiger partial charge in [0.05, 0.1) is 0 Å². The van der Waals surface area contributed by atoms with Gasteiger partial charge in [-0.3, -0.25) is 12.2 Å². The molecule has 2 aliphatic carbocycles. The minimum atomic E-state index is 0. The number of hydrogen-bond donors (Lipinski definition) is 0. The number of rotatable bonds is 0. The van der Waals surface area contributed by atoms with Gasteiger partial charge in [-0.15, -0.1) is 0 Å². The van der Waals surface area contributed by atoms with Crippen LogP contribution < -0.4 is 0 Å². The molecule has 17 heavy (non-hydrogen) atoms. The fourth-order valence-corrected chi connectivity index (χ4v) is 1.57. The van der Waals surface area contributed by atoms with Crippen LogP contribution in [0.4, 0.5) is 0 Å². The predicted molar refractivity (Wildman–Crippen MR) is 70.8 cm³/mol. The summed E-state index contributed by atoms with van der Waals surface area (Å²) in [5.74, 6) is 0. The van der Waals surface area contributed by atoms with E-state index >= 15 is 0 Å². The molecule has 0 saturated carbocycles. The van der Waals surface area contributed by atoms with E-state index in [9.17, 15) is 0 Å². The molecule has 0 N–H and O–H groups in total. The molecule has 2 rings (SSSR count). The summed E-state index contributed by atoms with van der Waals surface area (Å²) in [5.41, 5.74) is 0. The molecular formula is C16H22Ni. The van der Waals surface area contributed by atoms with Crippen LogP contribution in [0.25, 0.3) is 0 Å². The van der Waals surface area contributed by atoms with Gasteiger partial charge < -0.3 is 12.2 Å². The van der Waals surface area contributed by atoms with Gasteiger partial charge in [-0.25, -0.2) is 0 Å². The van der Waals surface area contributed by atoms with E-state index in [2.05, 4.69) is 48.6 Å². The molecule has 0 radical (unpaired) electrons. The quantitative estimate of drug-likeness (QED) is 0.333. The van der Waals surface area contributed by atoms with Crippen molar-refractivity contribution in [2.24, 2.45) is 0 Å². The van der Waals surface area contributed by atoms with Gasteiger partial charge >= 0.3 is 16.5 Å². The van der Waals surface area contributed by atoms with Crippen LogP contribution in [-0.4, -0.2) is 0 Å². The minimum Gasteiger partial charge on any atom is -0.500 e. The van der Waals surface area contributed by atoms with Crippen molar-refractivity contribution in [1.29, 1.82) is 0 Å². The largest absolute Gasteiger partial charge is 2.00 e. The molecule has 0 bridgehead atoms. The molecule has 0 amide bonds. The standard InChI is InChI=1S/2C8H11.Ni/c2*1-2-4-6-8-7-5-3-1;/h2*1-2,7H,3-6H2;/q2*-1;+2. The molecule has 0 aromatic rings. The third-order valence-corrected chi connectivity index (χ3v) is 2.49. The Kier molecular flexibility index (Phi) is 13.1. The average molecular weight is 273 g/mol. The summed E-state index contributed by atoms with van der Waals surface area (Å²) >= 11 is 0. The van der Waals surface area contributed by atoms with E-state index in [1.54, 1.807) is 0 Å². The van der Waals surface area contributed by atoms with Crippen LogP contribution in [0.3, 0.4) is 0 Å². The smallest absolute Gasteiger partial charge is 0.500 e. The normalized spacial score (nSPS) is 18.8. The molecule has 0 atom stereocenters. The molecule has 0 saturated heterocycles. The van der Waals surface area contributed by atoms with Crippen molar-refractivity contribution in [2.45, 2.75) is 51.4 Å². The fourth-order valence-electron chi connectivity index (χ4n) is 1.57. The summed E-state index contributed by atoms with van der Waals surface area (Å²) in [6, 6.07) is 0. The van der Waals surface area contributed by atoms with Crippen LogP contribution in [-0.2, 0) is 16.5 Å². The Labute approximate surface area is 116 Å². The van der Waals surface area contributed by atoms with E-state index in [-0.39, 0.29) is 16.5 Å². The number of allylic oxidation sites excluding steroid dienone is 8. The first kappa shape index (κ1) is 16.5. The molecular weight excluding hydrogens is 251 g/mol. The maximum atomic E-state index is 3.21. The predicted octanol–water partition coefficient (Wildman–Crippen LogP) is 4.95. The Bertz CT molecular complexity index is 179. The second-order valence-electron chi connectivity index (χ2n) is 3.99. The van der Waals surface area contributed by atoms with Crippen LogP contribution in [0, 0.1) is 12.2 Å². The van der Waals surface area contributed by atoms with Gasteiger partial charge in [0.25, 0.3) is 0 Å². The molecule has 0 heterocycles. The number of hydrogen-bond acceptors (Lipinski definition) is 0. The summed E-state index contributed by atoms with van der Waals surface area (Å²) in [6.45, 7) is 0. The van der Waals surface area contributed by atoms with E-state index in [0.29, 0.717) is 0 Å². The van der Waals surface area contributed by atoms with Gasteiger partial charge in [-0.1, -0.05) is 50.0 Å². The van der Waals surface area contributed by atoms with Crippen molar-refractivity contribution in [3.05, 3.63) is 48.6 Å². The zero-order chi connectivity index (χ0) is 11.3. The molecule has 0 fully saturated rings. The van der Waals surface area contributed by atoms with Crippen molar-refractivity contribution < 1.29 is 16.5 Å². The Balaban J connectivity index is 0.000000284. The summed E-state index contributed by atoms with van der Waals surface area (Å²) in [6.07, 6.45) is 29.0. The van der Waals surface area contributed by atoms with Crippen molar-refractivity contribution in [1.82, 2.24) is 0 Å². The Morgan fingerprint density at radius 1 is 0.529 bits per heavy atom. The third kappa shape index (κ3) is 11.7. The molecule has 0 aliphatic heterocycles. The van der Waals surface area contributed by atoms with E-state index in [4.69, 9.17) is 0 Å². The minimum absolute atomic E-state index is 0. The van der Waals surface area contributed by atoms with Crippen LogP contribution in [0.1, 0.15) is 51.4 Å². The van der Waals surface area contributed by atoms with E-state index in [1.807, 2.05) is 0 Å². The van der Waals surface area contributed by atoms with E-state index in [0.717, 1.165) is 12.8 Å². The van der Waals surface area contributed by atoms with Crippen LogP contribution in [0.15, 0.2) is 36.5 Å². The van der Waals surface area contributed by atoms with Gasteiger partial charge in [0.1, 0.15) is 0 Å². The molecule has 0 aromatic heterocycles. The Hall–Kier alpha value is -0.546. The summed E-state index contributed by atoms with van der Waals surface area (Å²) in [4.78, 5) is 0. The molecule has 0 nitrogen and oxygen atoms in total. The molecule has 2 aliphatic rings. The van der Waals surface area contributed by atoms with E-state index in [1.165, 1.54) is 38.5 Å². The monoisotopic (exact) mass is 272 g/mol. The first-order valence-corrected chi connectivity index (χ1v) is 6.40. The molecule has 96 valence electrons. The summed E-state index contributed by atoms with van der Waals surface area (Å²) in [7, 11) is 0. The van der Waals surface area contributed by atoms with Crippen LogP contribution in [0.2, 0.25) is 0 Å². The fraction of sp³-hybridized carbons (Fsp3) is 0.500. The third-order valence-electron chi connectivity index (χ3n) is 2.49. The SMILES string of the molecule is [C-]1=CCCC=CCC1.[C-]1=CCCC=CCC1.[Ni+2]. The Morgan fingerprint density at radius 2 is 0.941 bits per heavy atom. The maximum absolute atomic E-state index is 3.21. The topological polar surface area (TPSA) is 0 Å².